The molecule has 0 N–H and O–H groups in total. The molecule has 0 radical (unpaired) electrons. The van der Waals surface area contributed by atoms with Crippen LogP contribution >= 0.6 is 11.3 Å². The molecule has 2 saturated heterocycles. The van der Waals surface area contributed by atoms with Crippen LogP contribution in [0.25, 0.3) is 10.2 Å². The van der Waals surface area contributed by atoms with Crippen LogP contribution < -0.4 is 4.90 Å². The Kier molecular flexibility index (Phi) is 4.63. The Bertz CT molecular complexity index is 761. The van der Waals surface area contributed by atoms with E-state index >= 15 is 0 Å². The summed E-state index contributed by atoms with van der Waals surface area (Å²) in [5.74, 6) is 1.02. The fourth-order valence-corrected chi connectivity index (χ4v) is 4.87. The molecule has 6 heteroatoms. The summed E-state index contributed by atoms with van der Waals surface area (Å²) in [7, 11) is 0. The van der Waals surface area contributed by atoms with Gasteiger partial charge >= 0.3 is 0 Å². The van der Waals surface area contributed by atoms with Crippen molar-refractivity contribution in [2.24, 2.45) is 11.8 Å². The van der Waals surface area contributed by atoms with E-state index in [0.29, 0.717) is 5.91 Å². The molecule has 0 spiro atoms. The van der Waals surface area contributed by atoms with Crippen LogP contribution in [0.2, 0.25) is 0 Å². The molecule has 1 aromatic heterocycles. The summed E-state index contributed by atoms with van der Waals surface area (Å²) in [6.07, 6.45) is 4.03. The summed E-state index contributed by atoms with van der Waals surface area (Å²) >= 11 is 1.54. The molecule has 2 fully saturated rings. The van der Waals surface area contributed by atoms with Crippen molar-refractivity contribution in [3.05, 3.63) is 24.0 Å². The Balaban J connectivity index is 1.38. The number of hydrogen-bond acceptors (Lipinski definition) is 4. The van der Waals surface area contributed by atoms with E-state index in [-0.39, 0.29) is 11.7 Å². The van der Waals surface area contributed by atoms with Gasteiger partial charge in [-0.2, -0.15) is 0 Å². The van der Waals surface area contributed by atoms with Crippen LogP contribution in [0.3, 0.4) is 0 Å². The van der Waals surface area contributed by atoms with Crippen LogP contribution in [0.5, 0.6) is 0 Å². The van der Waals surface area contributed by atoms with Crippen LogP contribution in [0.1, 0.15) is 32.6 Å². The molecule has 0 atom stereocenters. The Morgan fingerprint density at radius 1 is 1.16 bits per heavy atom. The molecule has 0 saturated carbocycles. The number of amides is 1. The third kappa shape index (κ3) is 3.50. The maximum atomic E-state index is 13.4. The Morgan fingerprint density at radius 3 is 2.60 bits per heavy atom. The predicted molar refractivity (Wildman–Crippen MR) is 99.5 cm³/mol. The highest BCUT2D eigenvalue weighted by Gasteiger charge is 2.30. The number of likely N-dealkylation sites (tertiary alicyclic amines) is 1. The highest BCUT2D eigenvalue weighted by Crippen LogP contribution is 2.32. The second-order valence-corrected chi connectivity index (χ2v) is 8.39. The third-order valence-electron chi connectivity index (χ3n) is 5.55. The smallest absolute Gasteiger partial charge is 0.225 e. The van der Waals surface area contributed by atoms with E-state index < -0.39 is 0 Å². The first-order chi connectivity index (χ1) is 12.1. The van der Waals surface area contributed by atoms with Crippen molar-refractivity contribution < 1.29 is 9.18 Å². The van der Waals surface area contributed by atoms with Gasteiger partial charge in [-0.25, -0.2) is 9.37 Å². The summed E-state index contributed by atoms with van der Waals surface area (Å²) in [4.78, 5) is 21.7. The first-order valence-electron chi connectivity index (χ1n) is 9.20. The zero-order valence-electron chi connectivity index (χ0n) is 14.6. The molecular weight excluding hydrogens is 337 g/mol. The van der Waals surface area contributed by atoms with E-state index in [9.17, 15) is 9.18 Å². The van der Waals surface area contributed by atoms with E-state index in [1.807, 2.05) is 0 Å². The summed E-state index contributed by atoms with van der Waals surface area (Å²) in [5, 5.41) is 0.943. The van der Waals surface area contributed by atoms with Crippen molar-refractivity contribution in [1.82, 2.24) is 9.88 Å². The van der Waals surface area contributed by atoms with Crippen LogP contribution in [0, 0.1) is 17.7 Å². The van der Waals surface area contributed by atoms with Gasteiger partial charge in [0.25, 0.3) is 0 Å². The van der Waals surface area contributed by atoms with Gasteiger partial charge in [-0.3, -0.25) is 4.79 Å². The number of benzene rings is 1. The first kappa shape index (κ1) is 16.8. The van der Waals surface area contributed by atoms with E-state index in [0.717, 1.165) is 73.1 Å². The quantitative estimate of drug-likeness (QED) is 0.814. The summed E-state index contributed by atoms with van der Waals surface area (Å²) < 4.78 is 14.2. The monoisotopic (exact) mass is 361 g/mol. The number of piperidine rings is 2. The fourth-order valence-electron chi connectivity index (χ4n) is 3.83. The maximum absolute atomic E-state index is 13.4. The average Bonchev–Trinajstić information content (AvgIpc) is 3.05. The number of anilines is 1. The fraction of sp³-hybridized carbons (Fsp3) is 0.579. The lowest BCUT2D eigenvalue weighted by Gasteiger charge is -2.36. The second-order valence-electron chi connectivity index (χ2n) is 7.38. The minimum absolute atomic E-state index is 0.150. The molecular formula is C19H24FN3OS. The second kappa shape index (κ2) is 6.90. The van der Waals surface area contributed by atoms with E-state index in [1.54, 1.807) is 12.1 Å². The van der Waals surface area contributed by atoms with E-state index in [2.05, 4.69) is 21.7 Å². The van der Waals surface area contributed by atoms with Crippen molar-refractivity contribution in [3.63, 3.8) is 0 Å². The number of thiazole rings is 1. The number of rotatable bonds is 2. The van der Waals surface area contributed by atoms with Gasteiger partial charge in [0.2, 0.25) is 5.91 Å². The summed E-state index contributed by atoms with van der Waals surface area (Å²) in [6, 6.07) is 4.73. The number of fused-ring (bicyclic) bond motifs is 1. The van der Waals surface area contributed by atoms with Crippen molar-refractivity contribution in [3.8, 4) is 0 Å². The Morgan fingerprint density at radius 2 is 1.88 bits per heavy atom. The van der Waals surface area contributed by atoms with Gasteiger partial charge in [-0.1, -0.05) is 18.3 Å². The Labute approximate surface area is 151 Å². The average molecular weight is 361 g/mol. The normalized spacial score (nSPS) is 20.4. The molecule has 134 valence electrons. The predicted octanol–water partition coefficient (Wildman–Crippen LogP) is 3.91. The van der Waals surface area contributed by atoms with Gasteiger partial charge in [0.1, 0.15) is 5.82 Å². The van der Waals surface area contributed by atoms with Crippen molar-refractivity contribution in [2.75, 3.05) is 31.1 Å². The van der Waals surface area contributed by atoms with E-state index in [1.165, 1.54) is 17.4 Å². The molecule has 0 aliphatic carbocycles. The van der Waals surface area contributed by atoms with Gasteiger partial charge in [-0.05, 0) is 49.8 Å². The van der Waals surface area contributed by atoms with Gasteiger partial charge in [0.05, 0.1) is 10.2 Å². The minimum Gasteiger partial charge on any atom is -0.348 e. The number of hydrogen-bond donors (Lipinski definition) is 0. The SMILES string of the molecule is CC1CCN(C(=O)C2CCN(c3nc4ccc(F)cc4s3)CC2)CC1. The maximum Gasteiger partial charge on any atom is 0.225 e. The number of carbonyl (C=O) groups excluding carboxylic acids is 1. The summed E-state index contributed by atoms with van der Waals surface area (Å²) in [5.41, 5.74) is 0.849. The molecule has 25 heavy (non-hydrogen) atoms. The van der Waals surface area contributed by atoms with Crippen molar-refractivity contribution in [2.45, 2.75) is 32.6 Å². The molecule has 1 amide bonds. The third-order valence-corrected chi connectivity index (χ3v) is 6.63. The highest BCUT2D eigenvalue weighted by molar-refractivity contribution is 7.22. The van der Waals surface area contributed by atoms with Crippen molar-refractivity contribution in [1.29, 1.82) is 0 Å². The number of carbonyl (C=O) groups is 1. The molecule has 0 unspecified atom stereocenters. The summed E-state index contributed by atoms with van der Waals surface area (Å²) in [6.45, 7) is 5.81. The topological polar surface area (TPSA) is 36.4 Å². The van der Waals surface area contributed by atoms with Gasteiger partial charge in [0, 0.05) is 32.1 Å². The standard InChI is InChI=1S/C19H24FN3OS/c1-13-4-8-22(9-5-13)18(24)14-6-10-23(11-7-14)19-21-16-3-2-15(20)12-17(16)25-19/h2-3,12-14H,4-11H2,1H3. The first-order valence-corrected chi connectivity index (χ1v) is 10.0. The van der Waals surface area contributed by atoms with Crippen LogP contribution in [0.4, 0.5) is 9.52 Å². The molecule has 1 aromatic carbocycles. The van der Waals surface area contributed by atoms with Crippen LogP contribution in [-0.2, 0) is 4.79 Å². The highest BCUT2D eigenvalue weighted by atomic mass is 32.1. The lowest BCUT2D eigenvalue weighted by atomic mass is 9.93. The largest absolute Gasteiger partial charge is 0.348 e. The zero-order valence-corrected chi connectivity index (χ0v) is 15.4. The molecule has 4 rings (SSSR count). The number of halogens is 1. The molecule has 0 bridgehead atoms. The molecule has 3 heterocycles. The number of aromatic nitrogens is 1. The van der Waals surface area contributed by atoms with E-state index in [4.69, 9.17) is 0 Å². The van der Waals surface area contributed by atoms with Crippen LogP contribution in [-0.4, -0.2) is 42.0 Å². The van der Waals surface area contributed by atoms with Crippen LogP contribution in [0.15, 0.2) is 18.2 Å². The molecule has 4 nitrogen and oxygen atoms in total. The molecule has 2 aliphatic heterocycles. The van der Waals surface area contributed by atoms with Gasteiger partial charge in [-0.15, -0.1) is 0 Å². The van der Waals surface area contributed by atoms with Gasteiger partial charge < -0.3 is 9.80 Å². The minimum atomic E-state index is -0.220. The number of nitrogens with zero attached hydrogens (tertiary/aromatic N) is 3. The van der Waals surface area contributed by atoms with Gasteiger partial charge in [0.15, 0.2) is 5.13 Å². The van der Waals surface area contributed by atoms with Crippen molar-refractivity contribution >= 4 is 32.6 Å². The zero-order chi connectivity index (χ0) is 17.4. The lowest BCUT2D eigenvalue weighted by Crippen LogP contribution is -2.45. The molecule has 2 aromatic rings. The Hall–Kier alpha value is -1.69. The lowest BCUT2D eigenvalue weighted by molar-refractivity contribution is -0.137. The molecule has 2 aliphatic rings.